The maximum Gasteiger partial charge on any atom is 0.229 e. The highest BCUT2D eigenvalue weighted by atomic mass is 32.2. The van der Waals surface area contributed by atoms with Crippen LogP contribution in [0.25, 0.3) is 0 Å². The van der Waals surface area contributed by atoms with Crippen LogP contribution in [0.4, 0.5) is 0 Å². The summed E-state index contributed by atoms with van der Waals surface area (Å²) in [6.07, 6.45) is 1.03. The average molecular weight is 292 g/mol. The molecule has 0 fully saturated rings. The molecular formula is C16H24N2OS. The summed E-state index contributed by atoms with van der Waals surface area (Å²) >= 11 is 1.92. The Labute approximate surface area is 125 Å². The van der Waals surface area contributed by atoms with E-state index in [-0.39, 0.29) is 17.9 Å². The van der Waals surface area contributed by atoms with Crippen molar-refractivity contribution in [3.63, 3.8) is 0 Å². The predicted octanol–water partition coefficient (Wildman–Crippen LogP) is 2.52. The standard InChI is InChI=1S/C16H24N2OS/c1-3-20-9-8-12(2)18-16(19)15-11-17-10-13-6-4-5-7-14(13)15/h4-7,12,15,17H,3,8-11H2,1-2H3,(H,18,19). The lowest BCUT2D eigenvalue weighted by Gasteiger charge is -2.27. The summed E-state index contributed by atoms with van der Waals surface area (Å²) in [6.45, 7) is 5.86. The van der Waals surface area contributed by atoms with Crippen LogP contribution in [-0.4, -0.2) is 30.0 Å². The van der Waals surface area contributed by atoms with Crippen LogP contribution in [0, 0.1) is 0 Å². The van der Waals surface area contributed by atoms with Gasteiger partial charge in [-0.25, -0.2) is 0 Å². The van der Waals surface area contributed by atoms with Crippen LogP contribution in [0.15, 0.2) is 24.3 Å². The highest BCUT2D eigenvalue weighted by Gasteiger charge is 2.26. The molecular weight excluding hydrogens is 268 g/mol. The summed E-state index contributed by atoms with van der Waals surface area (Å²) in [5, 5.41) is 6.49. The second-order valence-electron chi connectivity index (χ2n) is 5.28. The molecule has 2 rings (SSSR count). The van der Waals surface area contributed by atoms with Crippen molar-refractivity contribution in [3.05, 3.63) is 35.4 Å². The first-order valence-corrected chi connectivity index (χ1v) is 8.54. The van der Waals surface area contributed by atoms with Crippen molar-refractivity contribution < 1.29 is 4.79 Å². The zero-order valence-electron chi connectivity index (χ0n) is 12.3. The summed E-state index contributed by atoms with van der Waals surface area (Å²) in [5.74, 6) is 2.35. The topological polar surface area (TPSA) is 41.1 Å². The second kappa shape index (κ2) is 7.70. The Bertz CT molecular complexity index is 450. The number of carbonyl (C=O) groups excluding carboxylic acids is 1. The van der Waals surface area contributed by atoms with Crippen LogP contribution in [0.3, 0.4) is 0 Å². The van der Waals surface area contributed by atoms with Crippen LogP contribution in [-0.2, 0) is 11.3 Å². The van der Waals surface area contributed by atoms with E-state index in [1.54, 1.807) is 0 Å². The van der Waals surface area contributed by atoms with Gasteiger partial charge in [-0.1, -0.05) is 31.2 Å². The van der Waals surface area contributed by atoms with Gasteiger partial charge in [0.25, 0.3) is 0 Å². The molecule has 0 aromatic heterocycles. The molecule has 20 heavy (non-hydrogen) atoms. The molecule has 3 nitrogen and oxygen atoms in total. The Morgan fingerprint density at radius 2 is 2.30 bits per heavy atom. The fraction of sp³-hybridized carbons (Fsp3) is 0.562. The number of thioether (sulfide) groups is 1. The third kappa shape index (κ3) is 4.00. The van der Waals surface area contributed by atoms with E-state index in [1.807, 2.05) is 23.9 Å². The van der Waals surface area contributed by atoms with Crippen LogP contribution in [0.2, 0.25) is 0 Å². The van der Waals surface area contributed by atoms with Crippen LogP contribution < -0.4 is 10.6 Å². The molecule has 4 heteroatoms. The van der Waals surface area contributed by atoms with Gasteiger partial charge in [0, 0.05) is 19.1 Å². The van der Waals surface area contributed by atoms with Crippen LogP contribution in [0.1, 0.15) is 37.3 Å². The molecule has 2 N–H and O–H groups in total. The summed E-state index contributed by atoms with van der Waals surface area (Å²) in [6, 6.07) is 8.48. The smallest absolute Gasteiger partial charge is 0.229 e. The van der Waals surface area contributed by atoms with E-state index in [9.17, 15) is 4.79 Å². The SMILES string of the molecule is CCSCCC(C)NC(=O)C1CNCc2ccccc21. The van der Waals surface area contributed by atoms with Crippen molar-refractivity contribution in [3.8, 4) is 0 Å². The Morgan fingerprint density at radius 1 is 1.50 bits per heavy atom. The molecule has 1 heterocycles. The zero-order chi connectivity index (χ0) is 14.4. The van der Waals surface area contributed by atoms with Gasteiger partial charge in [-0.3, -0.25) is 4.79 Å². The zero-order valence-corrected chi connectivity index (χ0v) is 13.1. The molecule has 0 radical (unpaired) electrons. The number of carbonyl (C=O) groups is 1. The van der Waals surface area contributed by atoms with Crippen LogP contribution >= 0.6 is 11.8 Å². The van der Waals surface area contributed by atoms with Gasteiger partial charge in [0.15, 0.2) is 0 Å². The fourth-order valence-corrected chi connectivity index (χ4v) is 3.36. The van der Waals surface area contributed by atoms with E-state index < -0.39 is 0 Å². The third-order valence-electron chi connectivity index (χ3n) is 3.70. The van der Waals surface area contributed by atoms with E-state index in [0.717, 1.165) is 31.0 Å². The number of hydrogen-bond acceptors (Lipinski definition) is 3. The monoisotopic (exact) mass is 292 g/mol. The molecule has 2 atom stereocenters. The molecule has 110 valence electrons. The number of fused-ring (bicyclic) bond motifs is 1. The fourth-order valence-electron chi connectivity index (χ4n) is 2.55. The van der Waals surface area contributed by atoms with Gasteiger partial charge in [0.2, 0.25) is 5.91 Å². The van der Waals surface area contributed by atoms with Gasteiger partial charge < -0.3 is 10.6 Å². The van der Waals surface area contributed by atoms with Crippen molar-refractivity contribution in [2.75, 3.05) is 18.1 Å². The average Bonchev–Trinajstić information content (AvgIpc) is 2.47. The molecule has 0 bridgehead atoms. The Hall–Kier alpha value is -1.00. The quantitative estimate of drug-likeness (QED) is 0.792. The van der Waals surface area contributed by atoms with E-state index in [0.29, 0.717) is 0 Å². The van der Waals surface area contributed by atoms with E-state index in [2.05, 4.69) is 36.6 Å². The normalized spacial score (nSPS) is 19.2. The molecule has 0 spiro atoms. The molecule has 1 aromatic rings. The van der Waals surface area contributed by atoms with Crippen molar-refractivity contribution in [1.82, 2.24) is 10.6 Å². The van der Waals surface area contributed by atoms with Crippen LogP contribution in [0.5, 0.6) is 0 Å². The Morgan fingerprint density at radius 3 is 3.10 bits per heavy atom. The number of hydrogen-bond donors (Lipinski definition) is 2. The highest BCUT2D eigenvalue weighted by Crippen LogP contribution is 2.24. The molecule has 0 aliphatic carbocycles. The van der Waals surface area contributed by atoms with Crippen molar-refractivity contribution >= 4 is 17.7 Å². The number of benzene rings is 1. The summed E-state index contributed by atoms with van der Waals surface area (Å²) < 4.78 is 0. The number of rotatable bonds is 6. The minimum atomic E-state index is -0.0544. The Balaban J connectivity index is 1.93. The Kier molecular flexibility index (Phi) is 5.92. The first-order valence-electron chi connectivity index (χ1n) is 7.39. The minimum Gasteiger partial charge on any atom is -0.353 e. The van der Waals surface area contributed by atoms with Gasteiger partial charge in [-0.15, -0.1) is 0 Å². The van der Waals surface area contributed by atoms with E-state index in [4.69, 9.17) is 0 Å². The molecule has 2 unspecified atom stereocenters. The number of nitrogens with one attached hydrogen (secondary N) is 2. The molecule has 1 aliphatic heterocycles. The molecule has 0 saturated heterocycles. The van der Waals surface area contributed by atoms with Crippen molar-refractivity contribution in [2.45, 2.75) is 38.8 Å². The molecule has 1 aliphatic rings. The second-order valence-corrected chi connectivity index (χ2v) is 6.67. The highest BCUT2D eigenvalue weighted by molar-refractivity contribution is 7.99. The van der Waals surface area contributed by atoms with E-state index in [1.165, 1.54) is 11.1 Å². The van der Waals surface area contributed by atoms with E-state index >= 15 is 0 Å². The maximum atomic E-state index is 12.4. The molecule has 1 amide bonds. The minimum absolute atomic E-state index is 0.0544. The molecule has 0 saturated carbocycles. The van der Waals surface area contributed by atoms with Gasteiger partial charge in [-0.2, -0.15) is 11.8 Å². The maximum absolute atomic E-state index is 12.4. The van der Waals surface area contributed by atoms with Crippen molar-refractivity contribution in [1.29, 1.82) is 0 Å². The number of amides is 1. The lowest BCUT2D eigenvalue weighted by atomic mass is 9.90. The van der Waals surface area contributed by atoms with Crippen molar-refractivity contribution in [2.24, 2.45) is 0 Å². The lowest BCUT2D eigenvalue weighted by Crippen LogP contribution is -2.42. The summed E-state index contributed by atoms with van der Waals surface area (Å²) in [5.41, 5.74) is 2.42. The first kappa shape index (κ1) is 15.4. The largest absolute Gasteiger partial charge is 0.353 e. The van der Waals surface area contributed by atoms with Gasteiger partial charge in [-0.05, 0) is 36.0 Å². The third-order valence-corrected chi connectivity index (χ3v) is 4.63. The van der Waals surface area contributed by atoms with Gasteiger partial charge in [0.05, 0.1) is 5.92 Å². The molecule has 1 aromatic carbocycles. The predicted molar refractivity (Wildman–Crippen MR) is 86.1 cm³/mol. The summed E-state index contributed by atoms with van der Waals surface area (Å²) in [4.78, 5) is 12.4. The lowest BCUT2D eigenvalue weighted by molar-refractivity contribution is -0.123. The van der Waals surface area contributed by atoms with Gasteiger partial charge in [0.1, 0.15) is 0 Å². The van der Waals surface area contributed by atoms with Gasteiger partial charge >= 0.3 is 0 Å². The first-order chi connectivity index (χ1) is 9.72. The summed E-state index contributed by atoms with van der Waals surface area (Å²) in [7, 11) is 0.